The summed E-state index contributed by atoms with van der Waals surface area (Å²) in [5, 5.41) is 3.07. The summed E-state index contributed by atoms with van der Waals surface area (Å²) in [7, 11) is 3.64. The number of rotatable bonds is 4. The minimum Gasteiger partial charge on any atom is -0.337 e. The highest BCUT2D eigenvalue weighted by Crippen LogP contribution is 2.19. The zero-order valence-corrected chi connectivity index (χ0v) is 10.3. The molecule has 0 spiro atoms. The molecule has 2 rings (SSSR count). The average molecular weight is 251 g/mol. The van der Waals surface area contributed by atoms with Gasteiger partial charge in [-0.25, -0.2) is 13.8 Å². The summed E-state index contributed by atoms with van der Waals surface area (Å²) in [4.78, 5) is 4.22. The molecular formula is C13H15F2N3. The van der Waals surface area contributed by atoms with Gasteiger partial charge in [0.2, 0.25) is 0 Å². The fourth-order valence-electron chi connectivity index (χ4n) is 1.96. The van der Waals surface area contributed by atoms with Crippen LogP contribution < -0.4 is 5.32 Å². The number of halogens is 2. The second-order valence-corrected chi connectivity index (χ2v) is 4.15. The van der Waals surface area contributed by atoms with Gasteiger partial charge in [0.1, 0.15) is 5.82 Å². The molecule has 1 aromatic carbocycles. The van der Waals surface area contributed by atoms with E-state index in [1.165, 1.54) is 6.07 Å². The minimum atomic E-state index is -0.817. The first kappa shape index (κ1) is 12.7. The van der Waals surface area contributed by atoms with Gasteiger partial charge in [0, 0.05) is 19.4 Å². The number of likely N-dealkylation sites (N-methyl/N-ethyl adjacent to an activating group) is 1. The minimum absolute atomic E-state index is 0.152. The highest BCUT2D eigenvalue weighted by molar-refractivity contribution is 5.21. The molecule has 0 saturated carbocycles. The first-order chi connectivity index (χ1) is 8.63. The third kappa shape index (κ3) is 2.41. The van der Waals surface area contributed by atoms with Gasteiger partial charge in [-0.2, -0.15) is 0 Å². The van der Waals surface area contributed by atoms with Crippen molar-refractivity contribution in [2.24, 2.45) is 7.05 Å². The monoisotopic (exact) mass is 251 g/mol. The molecule has 1 aromatic heterocycles. The first-order valence-corrected chi connectivity index (χ1v) is 5.71. The van der Waals surface area contributed by atoms with E-state index in [0.717, 1.165) is 11.9 Å². The molecule has 0 saturated heterocycles. The van der Waals surface area contributed by atoms with Crippen molar-refractivity contribution in [1.82, 2.24) is 14.9 Å². The van der Waals surface area contributed by atoms with Crippen LogP contribution in [-0.4, -0.2) is 16.6 Å². The molecule has 0 amide bonds. The lowest BCUT2D eigenvalue weighted by Gasteiger charge is -2.16. The van der Waals surface area contributed by atoms with E-state index >= 15 is 0 Å². The van der Waals surface area contributed by atoms with Crippen molar-refractivity contribution in [2.75, 3.05) is 7.05 Å². The molecule has 0 radical (unpaired) electrons. The van der Waals surface area contributed by atoms with Crippen LogP contribution in [0, 0.1) is 11.6 Å². The lowest BCUT2D eigenvalue weighted by atomic mass is 10.0. The second-order valence-electron chi connectivity index (χ2n) is 4.15. The fraction of sp³-hybridized carbons (Fsp3) is 0.308. The maximum atomic E-state index is 13.6. The van der Waals surface area contributed by atoms with Crippen molar-refractivity contribution < 1.29 is 8.78 Å². The zero-order chi connectivity index (χ0) is 13.1. The van der Waals surface area contributed by atoms with Crippen LogP contribution in [0.3, 0.4) is 0 Å². The molecule has 1 heterocycles. The van der Waals surface area contributed by atoms with Crippen LogP contribution >= 0.6 is 0 Å². The topological polar surface area (TPSA) is 29.9 Å². The molecular weight excluding hydrogens is 236 g/mol. The molecule has 0 fully saturated rings. The van der Waals surface area contributed by atoms with Crippen LogP contribution in [0.5, 0.6) is 0 Å². The third-order valence-corrected chi connectivity index (χ3v) is 2.97. The summed E-state index contributed by atoms with van der Waals surface area (Å²) in [6.07, 6.45) is 3.86. The van der Waals surface area contributed by atoms with Gasteiger partial charge in [-0.05, 0) is 25.1 Å². The molecule has 0 aliphatic rings. The number of aromatic nitrogens is 2. The van der Waals surface area contributed by atoms with Crippen molar-refractivity contribution in [1.29, 1.82) is 0 Å². The summed E-state index contributed by atoms with van der Waals surface area (Å²) in [5.41, 5.74) is 0.345. The summed E-state index contributed by atoms with van der Waals surface area (Å²) >= 11 is 0. The summed E-state index contributed by atoms with van der Waals surface area (Å²) in [6.45, 7) is 0. The maximum Gasteiger partial charge on any atom is 0.162 e. The average Bonchev–Trinajstić information content (AvgIpc) is 2.77. The molecule has 0 aliphatic heterocycles. The van der Waals surface area contributed by atoms with Crippen LogP contribution in [0.1, 0.15) is 17.4 Å². The molecule has 1 atom stereocenters. The Morgan fingerprint density at radius 3 is 2.78 bits per heavy atom. The highest BCUT2D eigenvalue weighted by atomic mass is 19.2. The second kappa shape index (κ2) is 5.27. The van der Waals surface area contributed by atoms with Crippen LogP contribution in [0.4, 0.5) is 8.78 Å². The smallest absolute Gasteiger partial charge is 0.162 e. The number of nitrogens with one attached hydrogen (secondary N) is 1. The van der Waals surface area contributed by atoms with Gasteiger partial charge in [-0.1, -0.05) is 12.1 Å². The standard InChI is InChI=1S/C13H15F2N3/c1-16-11(13-17-6-7-18(13)2)8-9-4-3-5-10(14)12(9)15/h3-7,11,16H,8H2,1-2H3. The van der Waals surface area contributed by atoms with E-state index in [-0.39, 0.29) is 6.04 Å². The molecule has 18 heavy (non-hydrogen) atoms. The van der Waals surface area contributed by atoms with E-state index in [1.54, 1.807) is 19.3 Å². The highest BCUT2D eigenvalue weighted by Gasteiger charge is 2.17. The molecule has 0 aliphatic carbocycles. The van der Waals surface area contributed by atoms with Crippen molar-refractivity contribution >= 4 is 0 Å². The van der Waals surface area contributed by atoms with Gasteiger partial charge < -0.3 is 9.88 Å². The Balaban J connectivity index is 2.26. The molecule has 1 N–H and O–H groups in total. The molecule has 1 unspecified atom stereocenters. The molecule has 96 valence electrons. The van der Waals surface area contributed by atoms with Gasteiger partial charge in [0.15, 0.2) is 11.6 Å². The normalized spacial score (nSPS) is 12.7. The van der Waals surface area contributed by atoms with Crippen molar-refractivity contribution in [3.05, 3.63) is 53.6 Å². The number of hydrogen-bond donors (Lipinski definition) is 1. The van der Waals surface area contributed by atoms with Gasteiger partial charge in [-0.15, -0.1) is 0 Å². The lowest BCUT2D eigenvalue weighted by Crippen LogP contribution is -2.22. The molecule has 2 aromatic rings. The van der Waals surface area contributed by atoms with E-state index < -0.39 is 11.6 Å². The molecule has 0 bridgehead atoms. The van der Waals surface area contributed by atoms with Gasteiger partial charge in [0.05, 0.1) is 6.04 Å². The Hall–Kier alpha value is -1.75. The van der Waals surface area contributed by atoms with Gasteiger partial charge >= 0.3 is 0 Å². The number of aryl methyl sites for hydroxylation is 1. The fourth-order valence-corrected chi connectivity index (χ4v) is 1.96. The van der Waals surface area contributed by atoms with Gasteiger partial charge in [-0.3, -0.25) is 0 Å². The number of hydrogen-bond acceptors (Lipinski definition) is 2. The Bertz CT molecular complexity index is 537. The van der Waals surface area contributed by atoms with Crippen molar-refractivity contribution in [3.8, 4) is 0 Å². The van der Waals surface area contributed by atoms with Crippen LogP contribution in [0.15, 0.2) is 30.6 Å². The quantitative estimate of drug-likeness (QED) is 0.902. The first-order valence-electron chi connectivity index (χ1n) is 5.71. The molecule has 3 nitrogen and oxygen atoms in total. The van der Waals surface area contributed by atoms with Crippen molar-refractivity contribution in [2.45, 2.75) is 12.5 Å². The predicted octanol–water partition coefficient (Wildman–Crippen LogP) is 2.20. The Labute approximate surface area is 104 Å². The van der Waals surface area contributed by atoms with Crippen LogP contribution in [0.25, 0.3) is 0 Å². The predicted molar refractivity (Wildman–Crippen MR) is 65.1 cm³/mol. The van der Waals surface area contributed by atoms with Crippen molar-refractivity contribution in [3.63, 3.8) is 0 Å². The van der Waals surface area contributed by atoms with Crippen LogP contribution in [0.2, 0.25) is 0 Å². The number of benzene rings is 1. The SMILES string of the molecule is CNC(Cc1cccc(F)c1F)c1nccn1C. The Kier molecular flexibility index (Phi) is 3.72. The summed E-state index contributed by atoms with van der Waals surface area (Å²) in [5.74, 6) is -0.810. The summed E-state index contributed by atoms with van der Waals surface area (Å²) in [6, 6.07) is 4.07. The number of imidazole rings is 1. The maximum absolute atomic E-state index is 13.6. The Morgan fingerprint density at radius 2 is 2.17 bits per heavy atom. The lowest BCUT2D eigenvalue weighted by molar-refractivity contribution is 0.478. The van der Waals surface area contributed by atoms with E-state index in [1.807, 2.05) is 17.8 Å². The van der Waals surface area contributed by atoms with E-state index in [2.05, 4.69) is 10.3 Å². The largest absolute Gasteiger partial charge is 0.337 e. The molecule has 5 heteroatoms. The number of nitrogens with zero attached hydrogens (tertiary/aromatic N) is 2. The third-order valence-electron chi connectivity index (χ3n) is 2.97. The van der Waals surface area contributed by atoms with Gasteiger partial charge in [0.25, 0.3) is 0 Å². The summed E-state index contributed by atoms with van der Waals surface area (Å²) < 4.78 is 28.6. The Morgan fingerprint density at radius 1 is 1.39 bits per heavy atom. The van der Waals surface area contributed by atoms with E-state index in [9.17, 15) is 8.78 Å². The zero-order valence-electron chi connectivity index (χ0n) is 10.3. The van der Waals surface area contributed by atoms with E-state index in [0.29, 0.717) is 12.0 Å². The van der Waals surface area contributed by atoms with Crippen LogP contribution in [-0.2, 0) is 13.5 Å². The van der Waals surface area contributed by atoms with E-state index in [4.69, 9.17) is 0 Å².